The third-order valence-corrected chi connectivity index (χ3v) is 2.70. The summed E-state index contributed by atoms with van der Waals surface area (Å²) in [6, 6.07) is 0. The molecule has 3 N–H and O–H groups in total. The Labute approximate surface area is 99.3 Å². The summed E-state index contributed by atoms with van der Waals surface area (Å²) in [7, 11) is 0. The van der Waals surface area contributed by atoms with E-state index < -0.39 is 0 Å². The van der Waals surface area contributed by atoms with Crippen LogP contribution in [-0.4, -0.2) is 17.4 Å². The topological polar surface area (TPSA) is 68.0 Å². The van der Waals surface area contributed by atoms with Gasteiger partial charge in [-0.25, -0.2) is 4.98 Å². The third-order valence-electron chi connectivity index (χ3n) is 1.98. The molecule has 0 unspecified atom stereocenters. The highest BCUT2D eigenvalue weighted by atomic mass is 32.1. The zero-order chi connectivity index (χ0) is 11.8. The van der Waals surface area contributed by atoms with Gasteiger partial charge in [0, 0.05) is 18.3 Å². The molecule has 1 aromatic heterocycles. The van der Waals surface area contributed by atoms with Crippen molar-refractivity contribution in [3.8, 4) is 12.3 Å². The number of hydrogen-bond donors (Lipinski definition) is 2. The van der Waals surface area contributed by atoms with Gasteiger partial charge in [0.05, 0.1) is 12.1 Å². The van der Waals surface area contributed by atoms with Crippen molar-refractivity contribution in [2.75, 3.05) is 12.3 Å². The van der Waals surface area contributed by atoms with Gasteiger partial charge in [0.25, 0.3) is 0 Å². The quantitative estimate of drug-likeness (QED) is 0.577. The maximum absolute atomic E-state index is 11.4. The fourth-order valence-electron chi connectivity index (χ4n) is 1.21. The lowest BCUT2D eigenvalue weighted by Crippen LogP contribution is -2.26. The van der Waals surface area contributed by atoms with Crippen molar-refractivity contribution in [1.29, 1.82) is 0 Å². The Balaban J connectivity index is 2.14. The molecular formula is C11H15N3OS. The first-order chi connectivity index (χ1) is 7.72. The van der Waals surface area contributed by atoms with Crippen molar-refractivity contribution in [2.24, 2.45) is 0 Å². The maximum Gasteiger partial charge on any atom is 0.226 e. The van der Waals surface area contributed by atoms with E-state index in [-0.39, 0.29) is 5.91 Å². The predicted octanol–water partition coefficient (Wildman–Crippen LogP) is 1.19. The van der Waals surface area contributed by atoms with Crippen molar-refractivity contribution in [3.63, 3.8) is 0 Å². The van der Waals surface area contributed by atoms with Gasteiger partial charge >= 0.3 is 0 Å². The number of unbranched alkanes of at least 4 members (excludes halogenated alkanes) is 2. The van der Waals surface area contributed by atoms with Gasteiger partial charge in [0.15, 0.2) is 5.13 Å². The lowest BCUT2D eigenvalue weighted by atomic mass is 10.2. The van der Waals surface area contributed by atoms with Crippen molar-refractivity contribution < 1.29 is 4.79 Å². The minimum absolute atomic E-state index is 0.0222. The summed E-state index contributed by atoms with van der Waals surface area (Å²) in [4.78, 5) is 15.4. The van der Waals surface area contributed by atoms with Crippen LogP contribution in [0.3, 0.4) is 0 Å². The average molecular weight is 237 g/mol. The van der Waals surface area contributed by atoms with E-state index in [1.165, 1.54) is 11.3 Å². The number of aromatic nitrogens is 1. The first-order valence-corrected chi connectivity index (χ1v) is 6.00. The molecule has 0 saturated heterocycles. The van der Waals surface area contributed by atoms with Gasteiger partial charge in [0.1, 0.15) is 0 Å². The predicted molar refractivity (Wildman–Crippen MR) is 65.9 cm³/mol. The summed E-state index contributed by atoms with van der Waals surface area (Å²) >= 11 is 1.35. The SMILES string of the molecule is C#CCCCCNC(=O)Cc1csc(N)n1. The Morgan fingerprint density at radius 1 is 1.62 bits per heavy atom. The lowest BCUT2D eigenvalue weighted by molar-refractivity contribution is -0.120. The highest BCUT2D eigenvalue weighted by Gasteiger charge is 2.05. The molecule has 0 bridgehead atoms. The fourth-order valence-corrected chi connectivity index (χ4v) is 1.77. The number of nitrogen functional groups attached to an aromatic ring is 1. The van der Waals surface area contributed by atoms with Gasteiger partial charge in [-0.05, 0) is 12.8 Å². The molecule has 1 aromatic rings. The van der Waals surface area contributed by atoms with Crippen LogP contribution in [0.4, 0.5) is 5.13 Å². The molecule has 1 heterocycles. The summed E-state index contributed by atoms with van der Waals surface area (Å²) in [6.07, 6.45) is 8.03. The summed E-state index contributed by atoms with van der Waals surface area (Å²) < 4.78 is 0. The molecule has 1 amide bonds. The van der Waals surface area contributed by atoms with Gasteiger partial charge in [-0.1, -0.05) is 0 Å². The van der Waals surface area contributed by atoms with E-state index in [0.717, 1.165) is 25.0 Å². The van der Waals surface area contributed by atoms with E-state index in [9.17, 15) is 4.79 Å². The number of terminal acetylenes is 1. The van der Waals surface area contributed by atoms with Gasteiger partial charge in [-0.3, -0.25) is 4.79 Å². The number of rotatable bonds is 6. The van der Waals surface area contributed by atoms with Crippen molar-refractivity contribution in [1.82, 2.24) is 10.3 Å². The van der Waals surface area contributed by atoms with Gasteiger partial charge < -0.3 is 11.1 Å². The molecule has 0 fully saturated rings. The van der Waals surface area contributed by atoms with Crippen molar-refractivity contribution in [3.05, 3.63) is 11.1 Å². The number of nitrogens with one attached hydrogen (secondary N) is 1. The molecule has 86 valence electrons. The Morgan fingerprint density at radius 3 is 3.06 bits per heavy atom. The first-order valence-electron chi connectivity index (χ1n) is 5.12. The van der Waals surface area contributed by atoms with E-state index in [0.29, 0.717) is 18.1 Å². The average Bonchev–Trinajstić information content (AvgIpc) is 2.63. The zero-order valence-corrected chi connectivity index (χ0v) is 9.85. The molecule has 0 aromatic carbocycles. The highest BCUT2D eigenvalue weighted by molar-refractivity contribution is 7.13. The number of nitrogens with two attached hydrogens (primary N) is 1. The number of nitrogens with zero attached hydrogens (tertiary/aromatic N) is 1. The summed E-state index contributed by atoms with van der Waals surface area (Å²) in [6.45, 7) is 0.667. The molecule has 1 rings (SSSR count). The van der Waals surface area contributed by atoms with Crippen molar-refractivity contribution >= 4 is 22.4 Å². The normalized spacial score (nSPS) is 9.69. The molecule has 5 heteroatoms. The third kappa shape index (κ3) is 4.80. The minimum atomic E-state index is -0.0222. The monoisotopic (exact) mass is 237 g/mol. The van der Waals surface area contributed by atoms with E-state index in [1.807, 2.05) is 0 Å². The molecule has 0 radical (unpaired) electrons. The van der Waals surface area contributed by atoms with Crippen LogP contribution in [0.1, 0.15) is 25.0 Å². The molecule has 0 atom stereocenters. The zero-order valence-electron chi connectivity index (χ0n) is 9.03. The van der Waals surface area contributed by atoms with E-state index in [2.05, 4.69) is 16.2 Å². The van der Waals surface area contributed by atoms with Crippen LogP contribution < -0.4 is 11.1 Å². The highest BCUT2D eigenvalue weighted by Crippen LogP contribution is 2.11. The molecule has 4 nitrogen and oxygen atoms in total. The van der Waals surface area contributed by atoms with E-state index in [1.54, 1.807) is 5.38 Å². The number of carbonyl (C=O) groups is 1. The largest absolute Gasteiger partial charge is 0.375 e. The number of carbonyl (C=O) groups excluding carboxylic acids is 1. The summed E-state index contributed by atoms with van der Waals surface area (Å²) in [5.74, 6) is 2.54. The Hall–Kier alpha value is -1.54. The minimum Gasteiger partial charge on any atom is -0.375 e. The number of hydrogen-bond acceptors (Lipinski definition) is 4. The van der Waals surface area contributed by atoms with Gasteiger partial charge in [0.2, 0.25) is 5.91 Å². The second kappa shape index (κ2) is 6.85. The van der Waals surface area contributed by atoms with Gasteiger partial charge in [-0.2, -0.15) is 0 Å². The van der Waals surface area contributed by atoms with E-state index in [4.69, 9.17) is 12.2 Å². The molecule has 0 aliphatic rings. The second-order valence-electron chi connectivity index (χ2n) is 3.37. The molecule has 0 saturated carbocycles. The Morgan fingerprint density at radius 2 is 2.44 bits per heavy atom. The Kier molecular flexibility index (Phi) is 5.37. The Bertz CT molecular complexity index is 381. The second-order valence-corrected chi connectivity index (χ2v) is 4.25. The van der Waals surface area contributed by atoms with Crippen molar-refractivity contribution in [2.45, 2.75) is 25.7 Å². The fraction of sp³-hybridized carbons (Fsp3) is 0.455. The van der Waals surface area contributed by atoms with Crippen LogP contribution >= 0.6 is 11.3 Å². The van der Waals surface area contributed by atoms with Crippen LogP contribution in [0.5, 0.6) is 0 Å². The maximum atomic E-state index is 11.4. The number of thiazole rings is 1. The summed E-state index contributed by atoms with van der Waals surface area (Å²) in [5.41, 5.74) is 6.19. The first kappa shape index (κ1) is 12.5. The van der Waals surface area contributed by atoms with E-state index >= 15 is 0 Å². The van der Waals surface area contributed by atoms with Crippen LogP contribution in [0.2, 0.25) is 0 Å². The number of anilines is 1. The van der Waals surface area contributed by atoms with Crippen LogP contribution in [0.15, 0.2) is 5.38 Å². The van der Waals surface area contributed by atoms with Gasteiger partial charge in [-0.15, -0.1) is 23.7 Å². The van der Waals surface area contributed by atoms with Crippen LogP contribution in [-0.2, 0) is 11.2 Å². The molecule has 0 aliphatic heterocycles. The van der Waals surface area contributed by atoms with Crippen LogP contribution in [0, 0.1) is 12.3 Å². The lowest BCUT2D eigenvalue weighted by Gasteiger charge is -2.02. The molecule has 0 spiro atoms. The molecular weight excluding hydrogens is 222 g/mol. The number of amides is 1. The molecule has 16 heavy (non-hydrogen) atoms. The summed E-state index contributed by atoms with van der Waals surface area (Å²) in [5, 5.41) is 5.11. The standard InChI is InChI=1S/C11H15N3OS/c1-2-3-4-5-6-13-10(15)7-9-8-16-11(12)14-9/h1,8H,3-7H2,(H2,12,14)(H,13,15). The van der Waals surface area contributed by atoms with Crippen LogP contribution in [0.25, 0.3) is 0 Å². The molecule has 0 aliphatic carbocycles. The smallest absolute Gasteiger partial charge is 0.226 e.